The summed E-state index contributed by atoms with van der Waals surface area (Å²) in [6.07, 6.45) is 3.39. The number of hydrogen-bond donors (Lipinski definition) is 1. The van der Waals surface area contributed by atoms with Crippen LogP contribution in [0.3, 0.4) is 0 Å². The van der Waals surface area contributed by atoms with Gasteiger partial charge in [0.25, 0.3) is 0 Å². The zero-order valence-corrected chi connectivity index (χ0v) is 13.7. The van der Waals surface area contributed by atoms with Crippen molar-refractivity contribution in [3.05, 3.63) is 71.2 Å². The van der Waals surface area contributed by atoms with E-state index >= 15 is 0 Å². The summed E-state index contributed by atoms with van der Waals surface area (Å²) in [5.41, 5.74) is 2.04. The molecule has 4 heteroatoms. The lowest BCUT2D eigenvalue weighted by Crippen LogP contribution is -2.25. The minimum atomic E-state index is -0.0817. The number of nitrogens with zero attached hydrogens (tertiary/aromatic N) is 1. The molecule has 2 aromatic carbocycles. The number of para-hydroxylation sites is 1. The van der Waals surface area contributed by atoms with Gasteiger partial charge in [0, 0.05) is 18.5 Å². The summed E-state index contributed by atoms with van der Waals surface area (Å²) >= 11 is 1.69. The van der Waals surface area contributed by atoms with E-state index in [0.717, 1.165) is 16.1 Å². The molecule has 1 N–H and O–H groups in total. The molecule has 0 fully saturated rings. The maximum atomic E-state index is 11.9. The summed E-state index contributed by atoms with van der Waals surface area (Å²) in [6.45, 7) is 2.66. The Kier molecular flexibility index (Phi) is 4.83. The quantitative estimate of drug-likeness (QED) is 0.714. The van der Waals surface area contributed by atoms with Crippen LogP contribution in [0.2, 0.25) is 0 Å². The van der Waals surface area contributed by atoms with Gasteiger partial charge in [-0.2, -0.15) is 0 Å². The fraction of sp³-hybridized carbons (Fsp3) is 0.158. The average Bonchev–Trinajstić information content (AvgIpc) is 3.03. The number of rotatable bonds is 5. The van der Waals surface area contributed by atoms with Crippen LogP contribution in [-0.2, 0) is 4.79 Å². The molecule has 1 amide bonds. The van der Waals surface area contributed by atoms with Gasteiger partial charge >= 0.3 is 0 Å². The van der Waals surface area contributed by atoms with E-state index in [0.29, 0.717) is 6.54 Å². The Hall–Kier alpha value is -2.46. The Bertz CT molecular complexity index is 791. The van der Waals surface area contributed by atoms with Crippen molar-refractivity contribution in [2.24, 2.45) is 0 Å². The van der Waals surface area contributed by atoms with E-state index in [4.69, 9.17) is 0 Å². The van der Waals surface area contributed by atoms with Gasteiger partial charge in [0.2, 0.25) is 5.91 Å². The number of benzene rings is 2. The molecule has 0 bridgehead atoms. The summed E-state index contributed by atoms with van der Waals surface area (Å²) < 4.78 is 1.18. The van der Waals surface area contributed by atoms with Crippen LogP contribution < -0.4 is 5.32 Å². The lowest BCUT2D eigenvalue weighted by molar-refractivity contribution is -0.116. The van der Waals surface area contributed by atoms with Crippen LogP contribution in [0.5, 0.6) is 0 Å². The fourth-order valence-electron chi connectivity index (χ4n) is 2.24. The van der Waals surface area contributed by atoms with Crippen molar-refractivity contribution in [2.75, 3.05) is 6.54 Å². The predicted octanol–water partition coefficient (Wildman–Crippen LogP) is 4.23. The van der Waals surface area contributed by atoms with E-state index in [1.807, 2.05) is 54.6 Å². The lowest BCUT2D eigenvalue weighted by Gasteiger charge is -2.08. The van der Waals surface area contributed by atoms with Gasteiger partial charge in [0.05, 0.1) is 15.2 Å². The topological polar surface area (TPSA) is 42.0 Å². The Morgan fingerprint density at radius 1 is 1.17 bits per heavy atom. The van der Waals surface area contributed by atoms with Crippen LogP contribution in [0, 0.1) is 0 Å². The van der Waals surface area contributed by atoms with Gasteiger partial charge < -0.3 is 5.32 Å². The van der Waals surface area contributed by atoms with Gasteiger partial charge in [-0.15, -0.1) is 11.3 Å². The van der Waals surface area contributed by atoms with Crippen molar-refractivity contribution in [2.45, 2.75) is 12.8 Å². The molecule has 1 atom stereocenters. The van der Waals surface area contributed by atoms with Crippen LogP contribution in [0.15, 0.2) is 60.7 Å². The highest BCUT2D eigenvalue weighted by atomic mass is 32.1. The number of hydrogen-bond acceptors (Lipinski definition) is 3. The fourth-order valence-corrected chi connectivity index (χ4v) is 3.26. The molecule has 0 aliphatic heterocycles. The molecule has 116 valence electrons. The van der Waals surface area contributed by atoms with E-state index < -0.39 is 0 Å². The molecule has 0 spiro atoms. The predicted molar refractivity (Wildman–Crippen MR) is 96.5 cm³/mol. The van der Waals surface area contributed by atoms with Gasteiger partial charge in [0.15, 0.2) is 0 Å². The number of aromatic nitrogens is 1. The molecule has 1 heterocycles. The number of carbonyl (C=O) groups excluding carboxylic acids is 1. The first-order valence-electron chi connectivity index (χ1n) is 7.59. The van der Waals surface area contributed by atoms with Crippen molar-refractivity contribution in [1.29, 1.82) is 0 Å². The summed E-state index contributed by atoms with van der Waals surface area (Å²) in [4.78, 5) is 16.5. The Labute approximate surface area is 139 Å². The normalized spacial score (nSPS) is 12.6. The maximum Gasteiger partial charge on any atom is 0.244 e. The smallest absolute Gasteiger partial charge is 0.244 e. The molecule has 0 aliphatic carbocycles. The minimum Gasteiger partial charge on any atom is -0.352 e. The van der Waals surface area contributed by atoms with E-state index in [9.17, 15) is 4.79 Å². The van der Waals surface area contributed by atoms with E-state index in [1.165, 1.54) is 4.70 Å². The van der Waals surface area contributed by atoms with Crippen LogP contribution in [0.4, 0.5) is 0 Å². The summed E-state index contributed by atoms with van der Waals surface area (Å²) in [5, 5.41) is 3.99. The lowest BCUT2D eigenvalue weighted by atomic mass is 10.2. The molecule has 0 radical (unpaired) electrons. The summed E-state index contributed by atoms with van der Waals surface area (Å²) in [5.74, 6) is 0.114. The molecule has 0 saturated carbocycles. The Morgan fingerprint density at radius 2 is 1.91 bits per heavy atom. The third kappa shape index (κ3) is 4.05. The largest absolute Gasteiger partial charge is 0.352 e. The van der Waals surface area contributed by atoms with Gasteiger partial charge in [-0.05, 0) is 23.8 Å². The Morgan fingerprint density at radius 3 is 2.70 bits per heavy atom. The molecule has 3 aromatic rings. The average molecular weight is 322 g/mol. The van der Waals surface area contributed by atoms with Gasteiger partial charge in [-0.1, -0.05) is 49.4 Å². The number of fused-ring (bicyclic) bond motifs is 1. The summed E-state index contributed by atoms with van der Waals surface area (Å²) in [6, 6.07) is 17.9. The number of carbonyl (C=O) groups is 1. The van der Waals surface area contributed by atoms with Crippen molar-refractivity contribution in [3.63, 3.8) is 0 Å². The molecule has 23 heavy (non-hydrogen) atoms. The first kappa shape index (κ1) is 15.4. The highest BCUT2D eigenvalue weighted by molar-refractivity contribution is 7.18. The molecular weight excluding hydrogens is 304 g/mol. The molecular formula is C19H18N2OS. The van der Waals surface area contributed by atoms with E-state index in [-0.39, 0.29) is 11.8 Å². The first-order valence-corrected chi connectivity index (χ1v) is 8.40. The SMILES string of the molecule is C[C@H](CNC(=O)/C=C\c1ccccc1)c1nc2ccccc2s1. The molecule has 3 nitrogen and oxygen atoms in total. The molecule has 0 unspecified atom stereocenters. The van der Waals surface area contributed by atoms with Crippen molar-refractivity contribution in [1.82, 2.24) is 10.3 Å². The van der Waals surface area contributed by atoms with Crippen LogP contribution in [-0.4, -0.2) is 17.4 Å². The van der Waals surface area contributed by atoms with Gasteiger partial charge in [0.1, 0.15) is 0 Å². The second-order valence-corrected chi connectivity index (χ2v) is 6.47. The monoisotopic (exact) mass is 322 g/mol. The second kappa shape index (κ2) is 7.20. The highest BCUT2D eigenvalue weighted by Gasteiger charge is 2.11. The molecule has 1 aromatic heterocycles. The number of amides is 1. The molecule has 0 aliphatic rings. The van der Waals surface area contributed by atoms with Gasteiger partial charge in [-0.25, -0.2) is 4.98 Å². The third-order valence-corrected chi connectivity index (χ3v) is 4.81. The zero-order chi connectivity index (χ0) is 16.1. The first-order chi connectivity index (χ1) is 11.2. The van der Waals surface area contributed by atoms with Crippen molar-refractivity contribution >= 4 is 33.5 Å². The zero-order valence-electron chi connectivity index (χ0n) is 12.9. The van der Waals surface area contributed by atoms with Crippen molar-refractivity contribution < 1.29 is 4.79 Å². The molecule has 0 saturated heterocycles. The van der Waals surface area contributed by atoms with E-state index in [2.05, 4.69) is 23.3 Å². The highest BCUT2D eigenvalue weighted by Crippen LogP contribution is 2.26. The van der Waals surface area contributed by atoms with Crippen LogP contribution >= 0.6 is 11.3 Å². The Balaban J connectivity index is 1.57. The van der Waals surface area contributed by atoms with Crippen molar-refractivity contribution in [3.8, 4) is 0 Å². The van der Waals surface area contributed by atoms with Crippen LogP contribution in [0.1, 0.15) is 23.4 Å². The number of thiazole rings is 1. The maximum absolute atomic E-state index is 11.9. The van der Waals surface area contributed by atoms with E-state index in [1.54, 1.807) is 17.4 Å². The summed E-state index contributed by atoms with van der Waals surface area (Å²) in [7, 11) is 0. The van der Waals surface area contributed by atoms with Gasteiger partial charge in [-0.3, -0.25) is 4.79 Å². The molecule has 3 rings (SSSR count). The minimum absolute atomic E-state index is 0.0817. The van der Waals surface area contributed by atoms with Crippen LogP contribution in [0.25, 0.3) is 16.3 Å². The standard InChI is InChI=1S/C19H18N2OS/c1-14(19-21-16-9-5-6-10-17(16)23-19)13-20-18(22)12-11-15-7-3-2-4-8-15/h2-12,14H,13H2,1H3,(H,20,22)/b12-11-/t14-/m1/s1. The second-order valence-electron chi connectivity index (χ2n) is 5.41. The third-order valence-electron chi connectivity index (χ3n) is 3.54. The number of nitrogens with one attached hydrogen (secondary N) is 1.